The number of anilines is 2. The molecule has 0 radical (unpaired) electrons. The van der Waals surface area contributed by atoms with E-state index in [9.17, 15) is 0 Å². The maximum absolute atomic E-state index is 4.83. The van der Waals surface area contributed by atoms with E-state index in [0.717, 1.165) is 57.8 Å². The summed E-state index contributed by atoms with van der Waals surface area (Å²) in [5.41, 5.74) is 5.26. The summed E-state index contributed by atoms with van der Waals surface area (Å²) in [4.78, 5) is 9.07. The molecule has 0 aliphatic carbocycles. The minimum Gasteiger partial charge on any atom is -0.337 e. The topological polar surface area (TPSA) is 60.6 Å². The zero-order valence-electron chi connectivity index (χ0n) is 15.0. The average Bonchev–Trinajstić information content (AvgIpc) is 3.05. The van der Waals surface area contributed by atoms with Crippen LogP contribution >= 0.6 is 0 Å². The van der Waals surface area contributed by atoms with Gasteiger partial charge in [0.15, 0.2) is 0 Å². The van der Waals surface area contributed by atoms with Crippen LogP contribution in [0.15, 0.2) is 30.6 Å². The average molecular weight is 334 g/mol. The number of nitrogens with one attached hydrogen (secondary N) is 1. The van der Waals surface area contributed by atoms with E-state index >= 15 is 0 Å². The number of hydrogen-bond donors (Lipinski definition) is 1. The maximum atomic E-state index is 4.83. The zero-order chi connectivity index (χ0) is 17.6. The van der Waals surface area contributed by atoms with Gasteiger partial charge in [-0.05, 0) is 38.5 Å². The van der Waals surface area contributed by atoms with Crippen molar-refractivity contribution < 1.29 is 0 Å². The van der Waals surface area contributed by atoms with Crippen LogP contribution in [0.5, 0.6) is 0 Å². The Morgan fingerprint density at radius 1 is 1.12 bits per heavy atom. The molecule has 0 saturated carbocycles. The van der Waals surface area contributed by atoms with Crippen LogP contribution in [0.4, 0.5) is 11.5 Å². The fourth-order valence-corrected chi connectivity index (χ4v) is 3.42. The first-order chi connectivity index (χ1) is 12.1. The molecule has 0 amide bonds. The summed E-state index contributed by atoms with van der Waals surface area (Å²) in [6, 6.07) is 6.15. The van der Waals surface area contributed by atoms with Crippen LogP contribution < -0.4 is 5.32 Å². The second-order valence-electron chi connectivity index (χ2n) is 6.41. The molecule has 0 aromatic carbocycles. The van der Waals surface area contributed by atoms with Crippen molar-refractivity contribution in [2.75, 3.05) is 5.32 Å². The number of fused-ring (bicyclic) bond motifs is 3. The summed E-state index contributed by atoms with van der Waals surface area (Å²) in [5, 5.41) is 10.3. The monoisotopic (exact) mass is 334 g/mol. The van der Waals surface area contributed by atoms with Gasteiger partial charge in [-0.1, -0.05) is 6.92 Å². The smallest absolute Gasteiger partial charge is 0.143 e. The van der Waals surface area contributed by atoms with Crippen LogP contribution in [-0.2, 0) is 13.6 Å². The summed E-state index contributed by atoms with van der Waals surface area (Å²) < 4.78 is 4.16. The Balaban J connectivity index is 1.78. The Kier molecular flexibility index (Phi) is 3.67. The maximum Gasteiger partial charge on any atom is 0.143 e. The van der Waals surface area contributed by atoms with Crippen LogP contribution in [-0.4, -0.2) is 24.3 Å². The van der Waals surface area contributed by atoms with Crippen molar-refractivity contribution >= 4 is 33.4 Å². The number of aromatic nitrogens is 5. The molecule has 0 spiro atoms. The fraction of sp³-hybridized carbons (Fsp3) is 0.316. The Labute approximate surface area is 146 Å². The number of nitrogens with zero attached hydrogens (tertiary/aromatic N) is 5. The molecule has 25 heavy (non-hydrogen) atoms. The molecule has 4 aromatic rings. The largest absolute Gasteiger partial charge is 0.337 e. The SMILES string of the molecule is CCCn1nc(C)c(Nc2ccc3c4cnccc4n(C)c3n2)c1C. The summed E-state index contributed by atoms with van der Waals surface area (Å²) in [7, 11) is 2.04. The minimum atomic E-state index is 0.827. The highest BCUT2D eigenvalue weighted by molar-refractivity contribution is 6.06. The van der Waals surface area contributed by atoms with Gasteiger partial charge in [0.2, 0.25) is 0 Å². The number of hydrogen-bond acceptors (Lipinski definition) is 4. The summed E-state index contributed by atoms with van der Waals surface area (Å²) in [5.74, 6) is 0.827. The quantitative estimate of drug-likeness (QED) is 0.611. The molecule has 0 atom stereocenters. The predicted molar refractivity (Wildman–Crippen MR) is 101 cm³/mol. The van der Waals surface area contributed by atoms with Crippen LogP contribution in [0, 0.1) is 13.8 Å². The number of rotatable bonds is 4. The lowest BCUT2D eigenvalue weighted by molar-refractivity contribution is 0.583. The van der Waals surface area contributed by atoms with E-state index in [0.29, 0.717) is 0 Å². The third kappa shape index (κ3) is 2.45. The first-order valence-corrected chi connectivity index (χ1v) is 8.60. The molecule has 6 heteroatoms. The molecule has 4 aromatic heterocycles. The second-order valence-corrected chi connectivity index (χ2v) is 6.41. The Hall–Kier alpha value is -2.89. The third-order valence-corrected chi connectivity index (χ3v) is 4.71. The van der Waals surface area contributed by atoms with Crippen LogP contribution in [0.3, 0.4) is 0 Å². The van der Waals surface area contributed by atoms with Gasteiger partial charge in [0.05, 0.1) is 22.6 Å². The molecule has 4 heterocycles. The van der Waals surface area contributed by atoms with Gasteiger partial charge in [-0.3, -0.25) is 9.67 Å². The van der Waals surface area contributed by atoms with Crippen molar-refractivity contribution in [1.82, 2.24) is 24.3 Å². The highest BCUT2D eigenvalue weighted by Gasteiger charge is 2.14. The van der Waals surface area contributed by atoms with Crippen molar-refractivity contribution in [1.29, 1.82) is 0 Å². The highest BCUT2D eigenvalue weighted by Crippen LogP contribution is 2.29. The molecule has 1 N–H and O–H groups in total. The van der Waals surface area contributed by atoms with Crippen molar-refractivity contribution in [3.8, 4) is 0 Å². The van der Waals surface area contributed by atoms with Crippen molar-refractivity contribution in [2.24, 2.45) is 7.05 Å². The number of pyridine rings is 2. The molecule has 128 valence electrons. The normalized spacial score (nSPS) is 11.5. The lowest BCUT2D eigenvalue weighted by Crippen LogP contribution is -2.02. The van der Waals surface area contributed by atoms with Gasteiger partial charge in [-0.15, -0.1) is 0 Å². The van der Waals surface area contributed by atoms with Crippen molar-refractivity contribution in [2.45, 2.75) is 33.7 Å². The van der Waals surface area contributed by atoms with Gasteiger partial charge in [0, 0.05) is 36.8 Å². The second kappa shape index (κ2) is 5.88. The minimum absolute atomic E-state index is 0.827. The predicted octanol–water partition coefficient (Wildman–Crippen LogP) is 4.09. The lowest BCUT2D eigenvalue weighted by Gasteiger charge is -2.07. The van der Waals surface area contributed by atoms with Crippen molar-refractivity contribution in [3.05, 3.63) is 42.0 Å². The zero-order valence-corrected chi connectivity index (χ0v) is 15.0. The summed E-state index contributed by atoms with van der Waals surface area (Å²) in [6.45, 7) is 7.21. The molecular formula is C19H22N6. The Morgan fingerprint density at radius 2 is 1.96 bits per heavy atom. The van der Waals surface area contributed by atoms with Gasteiger partial charge < -0.3 is 9.88 Å². The molecule has 0 saturated heterocycles. The van der Waals surface area contributed by atoms with Crippen LogP contribution in [0.1, 0.15) is 24.7 Å². The third-order valence-electron chi connectivity index (χ3n) is 4.71. The van der Waals surface area contributed by atoms with E-state index < -0.39 is 0 Å². The van der Waals surface area contributed by atoms with E-state index in [1.54, 1.807) is 0 Å². The molecule has 6 nitrogen and oxygen atoms in total. The van der Waals surface area contributed by atoms with E-state index in [1.807, 2.05) is 38.5 Å². The first kappa shape index (κ1) is 15.6. The molecule has 4 rings (SSSR count). The number of aryl methyl sites for hydroxylation is 3. The standard InChI is InChI=1S/C19H22N6/c1-5-10-25-13(3)18(12(2)23-25)21-17-7-6-14-15-11-20-9-8-16(15)24(4)19(14)22-17/h6-9,11H,5,10H2,1-4H3,(H,21,22). The molecule has 0 aliphatic rings. The molecule has 0 bridgehead atoms. The molecule has 0 aliphatic heterocycles. The Morgan fingerprint density at radius 3 is 2.76 bits per heavy atom. The summed E-state index contributed by atoms with van der Waals surface area (Å²) in [6.07, 6.45) is 4.78. The van der Waals surface area contributed by atoms with Gasteiger partial charge in [0.1, 0.15) is 11.5 Å². The fourth-order valence-electron chi connectivity index (χ4n) is 3.42. The summed E-state index contributed by atoms with van der Waals surface area (Å²) >= 11 is 0. The first-order valence-electron chi connectivity index (χ1n) is 8.60. The van der Waals surface area contributed by atoms with E-state index in [4.69, 9.17) is 4.98 Å². The molecular weight excluding hydrogens is 312 g/mol. The van der Waals surface area contributed by atoms with Gasteiger partial charge in [-0.2, -0.15) is 5.10 Å². The highest BCUT2D eigenvalue weighted by atomic mass is 15.3. The van der Waals surface area contributed by atoms with E-state index in [2.05, 4.69) is 44.6 Å². The van der Waals surface area contributed by atoms with Crippen molar-refractivity contribution in [3.63, 3.8) is 0 Å². The van der Waals surface area contributed by atoms with E-state index in [1.165, 1.54) is 0 Å². The Bertz CT molecular complexity index is 1070. The van der Waals surface area contributed by atoms with Gasteiger partial charge in [0.25, 0.3) is 0 Å². The van der Waals surface area contributed by atoms with Crippen LogP contribution in [0.2, 0.25) is 0 Å². The lowest BCUT2D eigenvalue weighted by atomic mass is 10.2. The van der Waals surface area contributed by atoms with Gasteiger partial charge in [-0.25, -0.2) is 4.98 Å². The van der Waals surface area contributed by atoms with E-state index in [-0.39, 0.29) is 0 Å². The molecule has 0 fully saturated rings. The molecule has 0 unspecified atom stereocenters. The van der Waals surface area contributed by atoms with Gasteiger partial charge >= 0.3 is 0 Å². The van der Waals surface area contributed by atoms with Crippen LogP contribution in [0.25, 0.3) is 21.9 Å².